The van der Waals surface area contributed by atoms with Crippen molar-refractivity contribution in [1.82, 2.24) is 16.2 Å². The maximum atomic E-state index is 12.2. The van der Waals surface area contributed by atoms with Crippen LogP contribution in [0, 0.1) is 3.57 Å². The van der Waals surface area contributed by atoms with E-state index < -0.39 is 11.8 Å². The number of halogens is 2. The summed E-state index contributed by atoms with van der Waals surface area (Å²) in [4.78, 5) is 23.9. The van der Waals surface area contributed by atoms with E-state index in [9.17, 15) is 9.59 Å². The number of hydrogen-bond acceptors (Lipinski definition) is 5. The highest BCUT2D eigenvalue weighted by Crippen LogP contribution is 2.21. The van der Waals surface area contributed by atoms with Crippen LogP contribution >= 0.6 is 46.4 Å². The van der Waals surface area contributed by atoms with Crippen LogP contribution in [0.3, 0.4) is 0 Å². The van der Waals surface area contributed by atoms with E-state index in [1.807, 2.05) is 0 Å². The second kappa shape index (κ2) is 10.3. The SMILES string of the molecule is COc1ccc(C(=O)NC(=S)NNC(=O)COc2ccc(Cl)cc2)cc1I. The molecule has 2 amide bonds. The van der Waals surface area contributed by atoms with Crippen LogP contribution in [0.5, 0.6) is 11.5 Å². The van der Waals surface area contributed by atoms with Gasteiger partial charge in [-0.25, -0.2) is 0 Å². The van der Waals surface area contributed by atoms with E-state index >= 15 is 0 Å². The van der Waals surface area contributed by atoms with Gasteiger partial charge < -0.3 is 9.47 Å². The summed E-state index contributed by atoms with van der Waals surface area (Å²) in [6.45, 7) is -0.234. The van der Waals surface area contributed by atoms with Crippen LogP contribution in [0.15, 0.2) is 42.5 Å². The number of carbonyl (C=O) groups is 2. The molecular formula is C17H15ClIN3O4S. The molecule has 3 N–H and O–H groups in total. The Morgan fingerprint density at radius 2 is 1.85 bits per heavy atom. The van der Waals surface area contributed by atoms with Gasteiger partial charge in [0.1, 0.15) is 11.5 Å². The summed E-state index contributed by atoms with van der Waals surface area (Å²) < 4.78 is 11.2. The third kappa shape index (κ3) is 6.85. The average Bonchev–Trinajstić information content (AvgIpc) is 2.65. The lowest BCUT2D eigenvalue weighted by atomic mass is 10.2. The van der Waals surface area contributed by atoms with Crippen molar-refractivity contribution in [2.45, 2.75) is 0 Å². The average molecular weight is 520 g/mol. The monoisotopic (exact) mass is 519 g/mol. The summed E-state index contributed by atoms with van der Waals surface area (Å²) in [7, 11) is 1.55. The van der Waals surface area contributed by atoms with Gasteiger partial charge in [-0.05, 0) is 77.3 Å². The zero-order valence-electron chi connectivity index (χ0n) is 14.0. The van der Waals surface area contributed by atoms with E-state index in [1.54, 1.807) is 49.6 Å². The normalized spacial score (nSPS) is 9.89. The second-order valence-corrected chi connectivity index (χ2v) is 7.06. The van der Waals surface area contributed by atoms with Crippen LogP contribution in [-0.4, -0.2) is 30.6 Å². The first-order chi connectivity index (χ1) is 12.9. The molecule has 10 heteroatoms. The standard InChI is InChI=1S/C17H15ClIN3O4S/c1-25-14-7-2-10(8-13(14)19)16(24)20-17(27)22-21-15(23)9-26-12-5-3-11(18)4-6-12/h2-8H,9H2,1H3,(H,21,23)(H2,20,22,24,27). The lowest BCUT2D eigenvalue weighted by Gasteiger charge is -2.12. The van der Waals surface area contributed by atoms with Gasteiger partial charge in [-0.1, -0.05) is 11.6 Å². The molecule has 0 bridgehead atoms. The predicted molar refractivity (Wildman–Crippen MR) is 114 cm³/mol. The highest BCUT2D eigenvalue weighted by atomic mass is 127. The van der Waals surface area contributed by atoms with Crippen LogP contribution in [0.1, 0.15) is 10.4 Å². The van der Waals surface area contributed by atoms with E-state index in [1.165, 1.54) is 0 Å². The first-order valence-corrected chi connectivity index (χ1v) is 9.37. The van der Waals surface area contributed by atoms with E-state index in [0.717, 1.165) is 3.57 Å². The van der Waals surface area contributed by atoms with Crippen molar-refractivity contribution >= 4 is 63.3 Å². The number of benzene rings is 2. The molecule has 0 unspecified atom stereocenters. The molecule has 0 spiro atoms. The van der Waals surface area contributed by atoms with Crippen LogP contribution in [-0.2, 0) is 4.79 Å². The molecule has 0 atom stereocenters. The number of hydrazine groups is 1. The molecule has 2 aromatic carbocycles. The maximum absolute atomic E-state index is 12.2. The Morgan fingerprint density at radius 3 is 2.48 bits per heavy atom. The lowest BCUT2D eigenvalue weighted by molar-refractivity contribution is -0.123. The molecule has 0 saturated heterocycles. The van der Waals surface area contributed by atoms with Crippen molar-refractivity contribution in [1.29, 1.82) is 0 Å². The zero-order valence-corrected chi connectivity index (χ0v) is 17.8. The van der Waals surface area contributed by atoms with Gasteiger partial charge in [0.05, 0.1) is 10.7 Å². The van der Waals surface area contributed by atoms with E-state index in [-0.39, 0.29) is 11.7 Å². The quantitative estimate of drug-likeness (QED) is 0.320. The van der Waals surface area contributed by atoms with Gasteiger partial charge in [0, 0.05) is 10.6 Å². The fraction of sp³-hybridized carbons (Fsp3) is 0.118. The molecule has 7 nitrogen and oxygen atoms in total. The largest absolute Gasteiger partial charge is 0.496 e. The lowest BCUT2D eigenvalue weighted by Crippen LogP contribution is -2.49. The minimum atomic E-state index is -0.472. The number of hydrogen-bond donors (Lipinski definition) is 3. The second-order valence-electron chi connectivity index (χ2n) is 5.05. The zero-order chi connectivity index (χ0) is 19.8. The third-order valence-electron chi connectivity index (χ3n) is 3.14. The van der Waals surface area contributed by atoms with E-state index in [0.29, 0.717) is 22.1 Å². The molecule has 0 saturated carbocycles. The van der Waals surface area contributed by atoms with Gasteiger partial charge >= 0.3 is 0 Å². The molecule has 0 aromatic heterocycles. The fourth-order valence-corrected chi connectivity index (χ4v) is 2.86. The van der Waals surface area contributed by atoms with Crippen LogP contribution in [0.2, 0.25) is 5.02 Å². The molecule has 0 radical (unpaired) electrons. The molecular weight excluding hydrogens is 505 g/mol. The Labute approximate surface area is 179 Å². The molecule has 2 aromatic rings. The number of methoxy groups -OCH3 is 1. The van der Waals surface area contributed by atoms with Crippen molar-refractivity contribution in [3.63, 3.8) is 0 Å². The van der Waals surface area contributed by atoms with E-state index in [4.69, 9.17) is 33.3 Å². The molecule has 0 heterocycles. The van der Waals surface area contributed by atoms with Gasteiger partial charge in [-0.15, -0.1) is 0 Å². The number of amides is 2. The molecule has 27 heavy (non-hydrogen) atoms. The van der Waals surface area contributed by atoms with Crippen LogP contribution in [0.25, 0.3) is 0 Å². The predicted octanol–water partition coefficient (Wildman–Crippen LogP) is 2.67. The summed E-state index contributed by atoms with van der Waals surface area (Å²) >= 11 is 12.8. The van der Waals surface area contributed by atoms with Gasteiger partial charge in [0.25, 0.3) is 11.8 Å². The van der Waals surface area contributed by atoms with Gasteiger partial charge in [0.15, 0.2) is 11.7 Å². The summed E-state index contributed by atoms with van der Waals surface area (Å²) in [6.07, 6.45) is 0. The summed E-state index contributed by atoms with van der Waals surface area (Å²) in [5, 5.41) is 2.98. The van der Waals surface area contributed by atoms with Crippen LogP contribution in [0.4, 0.5) is 0 Å². The van der Waals surface area contributed by atoms with Crippen molar-refractivity contribution in [2.75, 3.05) is 13.7 Å². The number of ether oxygens (including phenoxy) is 2. The highest BCUT2D eigenvalue weighted by Gasteiger charge is 2.11. The first-order valence-electron chi connectivity index (χ1n) is 7.51. The Balaban J connectivity index is 1.76. The number of rotatable bonds is 5. The Morgan fingerprint density at radius 1 is 1.15 bits per heavy atom. The molecule has 2 rings (SSSR count). The van der Waals surface area contributed by atoms with Gasteiger partial charge in [0.2, 0.25) is 0 Å². The minimum Gasteiger partial charge on any atom is -0.496 e. The Hall–Kier alpha value is -2.11. The summed E-state index contributed by atoms with van der Waals surface area (Å²) in [5.41, 5.74) is 5.18. The maximum Gasteiger partial charge on any atom is 0.276 e. The first kappa shape index (κ1) is 21.2. The van der Waals surface area contributed by atoms with Crippen molar-refractivity contribution < 1.29 is 19.1 Å². The number of carbonyl (C=O) groups excluding carboxylic acids is 2. The molecule has 0 aliphatic rings. The molecule has 0 aliphatic carbocycles. The highest BCUT2D eigenvalue weighted by molar-refractivity contribution is 14.1. The third-order valence-corrected chi connectivity index (χ3v) is 4.44. The Kier molecular flexibility index (Phi) is 8.07. The molecule has 142 valence electrons. The summed E-state index contributed by atoms with van der Waals surface area (Å²) in [6, 6.07) is 11.5. The number of nitrogens with one attached hydrogen (secondary N) is 3. The van der Waals surface area contributed by atoms with Crippen molar-refractivity contribution in [3.8, 4) is 11.5 Å². The summed E-state index contributed by atoms with van der Waals surface area (Å²) in [5.74, 6) is 0.278. The van der Waals surface area contributed by atoms with Gasteiger partial charge in [-0.3, -0.25) is 25.8 Å². The smallest absolute Gasteiger partial charge is 0.276 e. The molecule has 0 aliphatic heterocycles. The van der Waals surface area contributed by atoms with Crippen molar-refractivity contribution in [2.24, 2.45) is 0 Å². The fourth-order valence-electron chi connectivity index (χ4n) is 1.86. The Bertz CT molecular complexity index is 849. The van der Waals surface area contributed by atoms with Crippen LogP contribution < -0.4 is 25.6 Å². The van der Waals surface area contributed by atoms with E-state index in [2.05, 4.69) is 38.8 Å². The van der Waals surface area contributed by atoms with Crippen molar-refractivity contribution in [3.05, 3.63) is 56.6 Å². The topological polar surface area (TPSA) is 88.7 Å². The minimum absolute atomic E-state index is 0.0503. The number of thiocarbonyl (C=S) groups is 1. The van der Waals surface area contributed by atoms with Gasteiger partial charge in [-0.2, -0.15) is 0 Å². The molecule has 0 fully saturated rings.